The molecule has 85 heavy (non-hydrogen) atoms. The molecular weight excluding hydrogens is 1180 g/mol. The van der Waals surface area contributed by atoms with E-state index in [1.54, 1.807) is 17.0 Å². The van der Waals surface area contributed by atoms with Crippen molar-refractivity contribution < 1.29 is 72.5 Å². The number of nitrogens with zero attached hydrogens (tertiary/aromatic N) is 4. The van der Waals surface area contributed by atoms with Gasteiger partial charge in [0, 0.05) is 118 Å². The molecule has 468 valence electrons. The van der Waals surface area contributed by atoms with Gasteiger partial charge in [0.15, 0.2) is 0 Å². The van der Waals surface area contributed by atoms with Crippen LogP contribution in [0.4, 0.5) is 38.1 Å². The Morgan fingerprint density at radius 2 is 1.41 bits per heavy atom. The van der Waals surface area contributed by atoms with Crippen molar-refractivity contribution >= 4 is 66.8 Å². The van der Waals surface area contributed by atoms with Crippen molar-refractivity contribution in [3.63, 3.8) is 0 Å². The largest absolute Gasteiger partial charge is 0.501 e. The summed E-state index contributed by atoms with van der Waals surface area (Å²) in [7, 11) is -11.1. The summed E-state index contributed by atoms with van der Waals surface area (Å²) < 4.78 is 138. The Morgan fingerprint density at radius 3 is 2.04 bits per heavy atom. The minimum atomic E-state index is -6.17. The lowest BCUT2D eigenvalue weighted by Gasteiger charge is -2.72. The summed E-state index contributed by atoms with van der Waals surface area (Å²) in [6, 6.07) is 16.7. The van der Waals surface area contributed by atoms with Crippen molar-refractivity contribution in [1.82, 2.24) is 30.1 Å². The van der Waals surface area contributed by atoms with E-state index >= 15 is 0 Å². The molecule has 1 atom stereocenters. The maximum Gasteiger partial charge on any atom is 0.501 e. The van der Waals surface area contributed by atoms with E-state index in [2.05, 4.69) is 44.5 Å². The van der Waals surface area contributed by atoms with E-state index in [-0.39, 0.29) is 86.4 Å². The number of rotatable bonds is 29. The van der Waals surface area contributed by atoms with Gasteiger partial charge in [-0.25, -0.2) is 35.1 Å². The number of hydrogen-bond donors (Lipinski definition) is 5. The monoisotopic (exact) mass is 1250 g/mol. The minimum absolute atomic E-state index is 0.0597. The van der Waals surface area contributed by atoms with Crippen molar-refractivity contribution in [2.24, 2.45) is 16.2 Å². The minimum Gasteiger partial charge on any atom is -0.481 e. The summed E-state index contributed by atoms with van der Waals surface area (Å²) in [5.74, 6) is -2.26. The van der Waals surface area contributed by atoms with Crippen LogP contribution in [0.1, 0.15) is 82.0 Å². The number of carboxylic acids is 1. The third kappa shape index (κ3) is 16.9. The number of hydrogen-bond acceptors (Lipinski definition) is 15. The fourth-order valence-corrected chi connectivity index (χ4v) is 15.0. The predicted octanol–water partition coefficient (Wildman–Crippen LogP) is 7.47. The van der Waals surface area contributed by atoms with Crippen LogP contribution in [-0.4, -0.2) is 189 Å². The molecule has 0 aromatic heterocycles. The Labute approximate surface area is 498 Å². The van der Waals surface area contributed by atoms with E-state index in [0.29, 0.717) is 77.6 Å². The van der Waals surface area contributed by atoms with Crippen LogP contribution in [0, 0.1) is 16.2 Å². The zero-order chi connectivity index (χ0) is 61.2. The summed E-state index contributed by atoms with van der Waals surface area (Å²) in [6.07, 6.45) is 2.36. The van der Waals surface area contributed by atoms with Crippen molar-refractivity contribution in [3.05, 3.63) is 89.5 Å². The van der Waals surface area contributed by atoms with E-state index in [9.17, 15) is 58.0 Å². The normalized spacial score (nSPS) is 21.4. The first kappa shape index (κ1) is 65.4. The van der Waals surface area contributed by atoms with E-state index in [1.165, 1.54) is 35.0 Å². The molecule has 2 aliphatic heterocycles. The zero-order valence-corrected chi connectivity index (χ0v) is 50.4. The molecule has 3 aromatic rings. The van der Waals surface area contributed by atoms with E-state index < -0.39 is 70.6 Å². The summed E-state index contributed by atoms with van der Waals surface area (Å²) in [5.41, 5.74) is -3.51. The molecule has 3 aromatic carbocycles. The first-order valence-corrected chi connectivity index (χ1v) is 32.7. The molecule has 0 radical (unpaired) electrons. The van der Waals surface area contributed by atoms with Gasteiger partial charge in [-0.3, -0.25) is 24.2 Å². The number of aliphatic carboxylic acids is 1. The molecule has 2 heterocycles. The standard InChI is InChI=1S/C58H77F5N8O11S3/c1-55(2)18-16-42(47(35-55)56-38-57(39-56,40-56)53(59)60)36-69-24-26-70(27-25-69)44-10-8-41(9-11-44)52(75)67-85(79,80)46-12-13-48(49(34-46)84(77,78)58(61,62)63)66-43(37-83-45-6-4-3-5-7-45)17-21-68-22-28-71(29-23-68)54(76)65-20-31-82-33-32-81-30-19-64-50(72)14-15-51(73)74/h3-13,34,43,53,66H,14-33,35-40H2,1-2H3,(H,64,72)(H,65,76)(H,67,75)(H,73,74)/t43-,56?,57?/m1/s1. The molecule has 5 N–H and O–H groups in total. The number of benzene rings is 3. The van der Waals surface area contributed by atoms with Crippen LogP contribution in [0.5, 0.6) is 0 Å². The van der Waals surface area contributed by atoms with E-state index in [0.717, 1.165) is 61.6 Å². The first-order chi connectivity index (χ1) is 40.3. The van der Waals surface area contributed by atoms with E-state index in [1.807, 2.05) is 35.1 Å². The molecule has 4 amide bonds. The summed E-state index contributed by atoms with van der Waals surface area (Å²) in [4.78, 5) is 55.4. The SMILES string of the molecule is CC1(C)CCC(CN2CCN(c3ccc(C(=O)NS(=O)(=O)c4ccc(N[C@H](CCN5CCN(C(=O)NCCOCCOCCNC(=O)CCC(=O)O)CC5)CSc5ccccc5)c(S(=O)(=O)C(F)(F)F)c4)cc3)CC2)=C(C23CC(C(F)F)(C2)C3)C1. The third-order valence-electron chi connectivity index (χ3n) is 16.8. The highest BCUT2D eigenvalue weighted by Gasteiger charge is 2.73. The number of anilines is 2. The van der Waals surface area contributed by atoms with Crippen molar-refractivity contribution in [2.75, 3.05) is 121 Å². The zero-order valence-electron chi connectivity index (χ0n) is 47.9. The van der Waals surface area contributed by atoms with Gasteiger partial charge in [0.05, 0.1) is 43.4 Å². The molecule has 0 spiro atoms. The molecule has 4 aliphatic carbocycles. The smallest absolute Gasteiger partial charge is 0.481 e. The summed E-state index contributed by atoms with van der Waals surface area (Å²) in [5, 5.41) is 17.0. The first-order valence-electron chi connectivity index (χ1n) is 28.7. The quantitative estimate of drug-likeness (QED) is 0.0196. The number of sulfone groups is 1. The summed E-state index contributed by atoms with van der Waals surface area (Å²) >= 11 is 1.38. The highest BCUT2D eigenvalue weighted by atomic mass is 32.2. The average molecular weight is 1250 g/mol. The van der Waals surface area contributed by atoms with Crippen molar-refractivity contribution in [3.8, 4) is 0 Å². The fraction of sp³-hybridized carbons (Fsp3) is 0.586. The van der Waals surface area contributed by atoms with Gasteiger partial charge in [-0.15, -0.1) is 11.8 Å². The van der Waals surface area contributed by atoms with Gasteiger partial charge in [-0.2, -0.15) is 13.2 Å². The maximum atomic E-state index is 14.4. The molecule has 0 unspecified atom stereocenters. The van der Waals surface area contributed by atoms with Crippen LogP contribution < -0.4 is 25.6 Å². The van der Waals surface area contributed by atoms with Crippen LogP contribution in [0.3, 0.4) is 0 Å². The van der Waals surface area contributed by atoms with Gasteiger partial charge in [0.25, 0.3) is 25.8 Å². The predicted molar refractivity (Wildman–Crippen MR) is 311 cm³/mol. The Morgan fingerprint density at radius 1 is 0.776 bits per heavy atom. The molecule has 2 saturated heterocycles. The number of alkyl halides is 5. The number of amides is 4. The Hall–Kier alpha value is -5.58. The number of halogens is 5. The summed E-state index contributed by atoms with van der Waals surface area (Å²) in [6.45, 7) is 11.6. The Balaban J connectivity index is 0.828. The van der Waals surface area contributed by atoms with Crippen LogP contribution in [0.25, 0.3) is 0 Å². The van der Waals surface area contributed by atoms with Gasteiger partial charge < -0.3 is 40.3 Å². The Bertz CT molecular complexity index is 3070. The number of piperazine rings is 2. The topological polar surface area (TPSA) is 236 Å². The second-order valence-electron chi connectivity index (χ2n) is 23.5. The maximum absolute atomic E-state index is 14.4. The molecule has 2 bridgehead atoms. The lowest BCUT2D eigenvalue weighted by Crippen LogP contribution is -2.66. The van der Waals surface area contributed by atoms with Crippen LogP contribution in [0.15, 0.2) is 98.6 Å². The van der Waals surface area contributed by atoms with Gasteiger partial charge >= 0.3 is 17.5 Å². The molecule has 9 rings (SSSR count). The number of carboxylic acid groups (broad SMARTS) is 1. The van der Waals surface area contributed by atoms with Gasteiger partial charge in [-0.05, 0) is 110 Å². The molecule has 3 saturated carbocycles. The van der Waals surface area contributed by atoms with Crippen LogP contribution in [0.2, 0.25) is 0 Å². The van der Waals surface area contributed by atoms with Crippen LogP contribution >= 0.6 is 11.8 Å². The fourth-order valence-electron chi connectivity index (χ4n) is 12.0. The molecule has 6 aliphatic rings. The molecular formula is C58H77F5N8O11S3. The average Bonchev–Trinajstić information content (AvgIpc) is 0.680. The lowest BCUT2D eigenvalue weighted by molar-refractivity contribution is -0.250. The molecule has 5 fully saturated rings. The second kappa shape index (κ2) is 28.1. The van der Waals surface area contributed by atoms with Gasteiger partial charge in [0.1, 0.15) is 4.90 Å². The van der Waals surface area contributed by atoms with Crippen LogP contribution in [-0.2, 0) is 38.9 Å². The number of ether oxygens (including phenoxy) is 2. The van der Waals surface area contributed by atoms with E-state index in [4.69, 9.17) is 14.6 Å². The van der Waals surface area contributed by atoms with Gasteiger partial charge in [0.2, 0.25) is 12.3 Å². The number of allylic oxidation sites excluding steroid dienone is 1. The third-order valence-corrected chi connectivity index (χ3v) is 20.8. The highest BCUT2D eigenvalue weighted by Crippen LogP contribution is 2.79. The number of urea groups is 1. The molecule has 27 heteroatoms. The van der Waals surface area contributed by atoms with Crippen molar-refractivity contribution in [1.29, 1.82) is 0 Å². The van der Waals surface area contributed by atoms with Gasteiger partial charge in [-0.1, -0.05) is 43.2 Å². The Kier molecular flexibility index (Phi) is 21.6. The number of carbonyl (C=O) groups excluding carboxylic acids is 3. The van der Waals surface area contributed by atoms with Crippen molar-refractivity contribution in [2.45, 2.75) is 104 Å². The highest BCUT2D eigenvalue weighted by molar-refractivity contribution is 7.99. The number of thioether (sulfide) groups is 1. The number of nitrogens with one attached hydrogen (secondary N) is 4. The number of sulfonamides is 1. The molecule has 19 nitrogen and oxygen atoms in total. The second-order valence-corrected chi connectivity index (χ2v) is 28.2. The lowest BCUT2D eigenvalue weighted by atomic mass is 9.32. The number of carbonyl (C=O) groups is 4.